The molecule has 2 aromatic rings. The zero-order valence-electron chi connectivity index (χ0n) is 8.17. The van der Waals surface area contributed by atoms with E-state index in [-0.39, 0.29) is 6.42 Å². The van der Waals surface area contributed by atoms with Gasteiger partial charge in [0.1, 0.15) is 5.25 Å². The number of hydrogen-bond acceptors (Lipinski definition) is 4. The van der Waals surface area contributed by atoms with Gasteiger partial charge in [0, 0.05) is 16.2 Å². The van der Waals surface area contributed by atoms with E-state index in [9.17, 15) is 12.3 Å². The van der Waals surface area contributed by atoms with Crippen molar-refractivity contribution in [2.24, 2.45) is 0 Å². The summed E-state index contributed by atoms with van der Waals surface area (Å²) in [6.07, 6.45) is 0.205. The first-order chi connectivity index (χ1) is 7.57. The summed E-state index contributed by atoms with van der Waals surface area (Å²) in [5.74, 6) is 0. The van der Waals surface area contributed by atoms with Gasteiger partial charge in [-0.2, -0.15) is 8.42 Å². The number of halogens is 1. The Hall–Kier alpha value is -0.720. The van der Waals surface area contributed by atoms with E-state index in [2.05, 4.69) is 0 Å². The molecule has 0 aromatic carbocycles. The van der Waals surface area contributed by atoms with Crippen molar-refractivity contribution in [2.75, 3.05) is 0 Å². The third-order valence-electron chi connectivity index (χ3n) is 2.17. The Bertz CT molecular complexity index is 529. The molecule has 1 atom stereocenters. The molecule has 0 aliphatic rings. The van der Waals surface area contributed by atoms with Gasteiger partial charge >= 0.3 is 10.2 Å². The summed E-state index contributed by atoms with van der Waals surface area (Å²) < 4.78 is 35.4. The van der Waals surface area contributed by atoms with Crippen LogP contribution >= 0.6 is 22.7 Å². The summed E-state index contributed by atoms with van der Waals surface area (Å²) in [5, 5.41) is 2.54. The number of rotatable bonds is 4. The van der Waals surface area contributed by atoms with E-state index in [1.165, 1.54) is 22.7 Å². The molecular weight excluding hydrogens is 267 g/mol. The van der Waals surface area contributed by atoms with Gasteiger partial charge in [0.15, 0.2) is 0 Å². The van der Waals surface area contributed by atoms with Gasteiger partial charge in [-0.15, -0.1) is 26.6 Å². The zero-order valence-corrected chi connectivity index (χ0v) is 10.6. The average molecular weight is 276 g/mol. The molecule has 0 saturated carbocycles. The first kappa shape index (κ1) is 11.8. The summed E-state index contributed by atoms with van der Waals surface area (Å²) in [7, 11) is -4.55. The fraction of sp³-hybridized carbons (Fsp3) is 0.200. The summed E-state index contributed by atoms with van der Waals surface area (Å²) in [5.41, 5.74) is 0. The first-order valence-electron chi connectivity index (χ1n) is 4.56. The second-order valence-corrected chi connectivity index (χ2v) is 6.79. The van der Waals surface area contributed by atoms with Gasteiger partial charge < -0.3 is 0 Å². The fourth-order valence-corrected chi connectivity index (χ4v) is 4.23. The predicted molar refractivity (Wildman–Crippen MR) is 65.1 cm³/mol. The standard InChI is InChI=1S/C10H9FO2S3/c11-16(12,13)10(9-4-2-6-15-9)7-8-3-1-5-14-8/h1-6,10H,7H2. The van der Waals surface area contributed by atoms with Crippen LogP contribution in [0.15, 0.2) is 35.0 Å². The van der Waals surface area contributed by atoms with E-state index in [0.717, 1.165) is 4.88 Å². The smallest absolute Gasteiger partial charge is 0.194 e. The quantitative estimate of drug-likeness (QED) is 0.802. The maximum Gasteiger partial charge on any atom is 0.310 e. The minimum absolute atomic E-state index is 0.205. The lowest BCUT2D eigenvalue weighted by molar-refractivity contribution is 0.536. The zero-order chi connectivity index (χ0) is 11.6. The summed E-state index contributed by atoms with van der Waals surface area (Å²) in [6, 6.07) is 7.03. The van der Waals surface area contributed by atoms with E-state index >= 15 is 0 Å². The molecule has 2 nitrogen and oxygen atoms in total. The molecule has 86 valence electrons. The minimum Gasteiger partial charge on any atom is -0.194 e. The molecule has 2 heterocycles. The molecule has 0 spiro atoms. The Kier molecular flexibility index (Phi) is 3.41. The normalized spacial score (nSPS) is 13.8. The molecule has 2 aromatic heterocycles. The van der Waals surface area contributed by atoms with Gasteiger partial charge in [0.2, 0.25) is 0 Å². The van der Waals surface area contributed by atoms with Crippen molar-refractivity contribution in [3.63, 3.8) is 0 Å². The van der Waals surface area contributed by atoms with Crippen molar-refractivity contribution in [2.45, 2.75) is 11.7 Å². The van der Waals surface area contributed by atoms with Crippen molar-refractivity contribution in [3.05, 3.63) is 44.8 Å². The van der Waals surface area contributed by atoms with Crippen LogP contribution in [0.4, 0.5) is 3.89 Å². The van der Waals surface area contributed by atoms with Crippen molar-refractivity contribution in [1.82, 2.24) is 0 Å². The highest BCUT2D eigenvalue weighted by atomic mass is 32.3. The second-order valence-electron chi connectivity index (χ2n) is 3.26. The highest BCUT2D eigenvalue weighted by Gasteiger charge is 2.28. The maximum atomic E-state index is 13.2. The topological polar surface area (TPSA) is 34.1 Å². The van der Waals surface area contributed by atoms with Crippen LogP contribution < -0.4 is 0 Å². The summed E-state index contributed by atoms with van der Waals surface area (Å²) in [4.78, 5) is 1.43. The Morgan fingerprint density at radius 1 is 1.19 bits per heavy atom. The molecule has 0 bridgehead atoms. The van der Waals surface area contributed by atoms with Crippen molar-refractivity contribution in [3.8, 4) is 0 Å². The molecule has 0 N–H and O–H groups in total. The first-order valence-corrected chi connectivity index (χ1v) is 7.77. The molecule has 16 heavy (non-hydrogen) atoms. The SMILES string of the molecule is O=S(=O)(F)C(Cc1cccs1)c1cccs1. The van der Waals surface area contributed by atoms with Crippen LogP contribution in [0.3, 0.4) is 0 Å². The van der Waals surface area contributed by atoms with E-state index in [1.807, 2.05) is 17.5 Å². The number of hydrogen-bond donors (Lipinski definition) is 0. The van der Waals surface area contributed by atoms with Gasteiger partial charge in [-0.05, 0) is 22.9 Å². The monoisotopic (exact) mass is 276 g/mol. The fourth-order valence-electron chi connectivity index (χ4n) is 1.42. The van der Waals surface area contributed by atoms with E-state index in [0.29, 0.717) is 4.88 Å². The van der Waals surface area contributed by atoms with Gasteiger partial charge in [0.05, 0.1) is 0 Å². The van der Waals surface area contributed by atoms with Crippen LogP contribution in [0.1, 0.15) is 15.0 Å². The molecular formula is C10H9FO2S3. The largest absolute Gasteiger partial charge is 0.310 e. The maximum absolute atomic E-state index is 13.2. The predicted octanol–water partition coefficient (Wildman–Crippen LogP) is 3.39. The Balaban J connectivity index is 2.30. The highest BCUT2D eigenvalue weighted by molar-refractivity contribution is 7.86. The lowest BCUT2D eigenvalue weighted by atomic mass is 10.2. The van der Waals surface area contributed by atoms with Crippen molar-refractivity contribution >= 4 is 32.9 Å². The molecule has 6 heteroatoms. The minimum atomic E-state index is -4.55. The molecule has 0 radical (unpaired) electrons. The van der Waals surface area contributed by atoms with Crippen LogP contribution in [0.2, 0.25) is 0 Å². The number of thiophene rings is 2. The van der Waals surface area contributed by atoms with Gasteiger partial charge in [-0.25, -0.2) is 0 Å². The van der Waals surface area contributed by atoms with Crippen LogP contribution in [0.25, 0.3) is 0 Å². The van der Waals surface area contributed by atoms with Crippen LogP contribution in [0.5, 0.6) is 0 Å². The Morgan fingerprint density at radius 3 is 2.38 bits per heavy atom. The molecule has 0 aliphatic carbocycles. The molecule has 0 saturated heterocycles. The Labute approximate surface area is 102 Å². The highest BCUT2D eigenvalue weighted by Crippen LogP contribution is 2.32. The third kappa shape index (κ3) is 2.69. The van der Waals surface area contributed by atoms with Crippen LogP contribution in [0, 0.1) is 0 Å². The van der Waals surface area contributed by atoms with Gasteiger partial charge in [0.25, 0.3) is 0 Å². The lowest BCUT2D eigenvalue weighted by Gasteiger charge is -2.09. The molecule has 1 unspecified atom stereocenters. The van der Waals surface area contributed by atoms with Crippen LogP contribution in [-0.2, 0) is 16.6 Å². The van der Waals surface area contributed by atoms with Gasteiger partial charge in [-0.1, -0.05) is 12.1 Å². The molecule has 0 aliphatic heterocycles. The van der Waals surface area contributed by atoms with Crippen LogP contribution in [-0.4, -0.2) is 8.42 Å². The lowest BCUT2D eigenvalue weighted by Crippen LogP contribution is -2.09. The van der Waals surface area contributed by atoms with E-state index in [4.69, 9.17) is 0 Å². The van der Waals surface area contributed by atoms with Crippen molar-refractivity contribution in [1.29, 1.82) is 0 Å². The molecule has 0 amide bonds. The van der Waals surface area contributed by atoms with Gasteiger partial charge in [-0.3, -0.25) is 0 Å². The molecule has 0 fully saturated rings. The van der Waals surface area contributed by atoms with E-state index in [1.54, 1.807) is 17.5 Å². The summed E-state index contributed by atoms with van der Waals surface area (Å²) >= 11 is 2.70. The van der Waals surface area contributed by atoms with E-state index < -0.39 is 15.5 Å². The second kappa shape index (κ2) is 4.65. The Morgan fingerprint density at radius 2 is 1.88 bits per heavy atom. The molecule has 2 rings (SSSR count). The third-order valence-corrected chi connectivity index (χ3v) is 5.30. The van der Waals surface area contributed by atoms with Crippen molar-refractivity contribution < 1.29 is 12.3 Å². The summed E-state index contributed by atoms with van der Waals surface area (Å²) in [6.45, 7) is 0. The average Bonchev–Trinajstić information content (AvgIpc) is 2.85.